The van der Waals surface area contributed by atoms with Gasteiger partial charge in [0.1, 0.15) is 11.6 Å². The average molecular weight is 215 g/mol. The second-order valence-electron chi connectivity index (χ2n) is 3.38. The van der Waals surface area contributed by atoms with Gasteiger partial charge in [-0.05, 0) is 31.2 Å². The molecule has 0 atom stereocenters. The van der Waals surface area contributed by atoms with Gasteiger partial charge in [-0.3, -0.25) is 0 Å². The zero-order chi connectivity index (χ0) is 11.4. The van der Waals surface area contributed by atoms with E-state index in [0.29, 0.717) is 0 Å². The molecule has 1 aromatic heterocycles. The first-order valence-electron chi connectivity index (χ1n) is 5.16. The Labute approximate surface area is 94.0 Å². The fourth-order valence-corrected chi connectivity index (χ4v) is 1.43. The van der Waals surface area contributed by atoms with Crippen LogP contribution in [-0.4, -0.2) is 21.8 Å². The van der Waals surface area contributed by atoms with Crippen LogP contribution >= 0.6 is 0 Å². The molecule has 0 spiro atoms. The van der Waals surface area contributed by atoms with Gasteiger partial charge in [-0.25, -0.2) is 0 Å². The molecule has 1 aromatic carbocycles. The molecule has 2 N–H and O–H groups in total. The standard InChI is InChI=1S/C12H13N3O/c1-2-13-12-7-6-11(14-15-12)9-4-3-5-10(16)8-9/h3-8,16H,2H2,1H3,(H,13,15). The summed E-state index contributed by atoms with van der Waals surface area (Å²) in [5.74, 6) is 0.987. The summed E-state index contributed by atoms with van der Waals surface area (Å²) in [5, 5.41) is 20.5. The van der Waals surface area contributed by atoms with Gasteiger partial charge in [-0.15, -0.1) is 10.2 Å². The Balaban J connectivity index is 2.27. The van der Waals surface area contributed by atoms with E-state index >= 15 is 0 Å². The number of hydrogen-bond donors (Lipinski definition) is 2. The molecule has 0 amide bonds. The number of rotatable bonds is 3. The molecule has 82 valence electrons. The van der Waals surface area contributed by atoms with Crippen molar-refractivity contribution in [3.8, 4) is 17.0 Å². The van der Waals surface area contributed by atoms with Crippen molar-refractivity contribution in [2.75, 3.05) is 11.9 Å². The van der Waals surface area contributed by atoms with Crippen LogP contribution in [0, 0.1) is 0 Å². The first-order valence-corrected chi connectivity index (χ1v) is 5.16. The summed E-state index contributed by atoms with van der Waals surface area (Å²) in [4.78, 5) is 0. The molecular weight excluding hydrogens is 202 g/mol. The van der Waals surface area contributed by atoms with Crippen LogP contribution in [0.25, 0.3) is 11.3 Å². The number of hydrogen-bond acceptors (Lipinski definition) is 4. The van der Waals surface area contributed by atoms with Gasteiger partial charge in [0.15, 0.2) is 0 Å². The number of aromatic nitrogens is 2. The SMILES string of the molecule is CCNc1ccc(-c2cccc(O)c2)nn1. The van der Waals surface area contributed by atoms with Crippen LogP contribution in [0.4, 0.5) is 5.82 Å². The number of anilines is 1. The highest BCUT2D eigenvalue weighted by atomic mass is 16.3. The van der Waals surface area contributed by atoms with E-state index < -0.39 is 0 Å². The van der Waals surface area contributed by atoms with Crippen LogP contribution in [0.2, 0.25) is 0 Å². The van der Waals surface area contributed by atoms with E-state index in [0.717, 1.165) is 23.6 Å². The van der Waals surface area contributed by atoms with E-state index in [1.807, 2.05) is 25.1 Å². The lowest BCUT2D eigenvalue weighted by atomic mass is 10.1. The van der Waals surface area contributed by atoms with E-state index in [1.165, 1.54) is 0 Å². The van der Waals surface area contributed by atoms with Crippen LogP contribution in [-0.2, 0) is 0 Å². The van der Waals surface area contributed by atoms with Crippen molar-refractivity contribution in [2.24, 2.45) is 0 Å². The van der Waals surface area contributed by atoms with Gasteiger partial charge in [-0.2, -0.15) is 0 Å². The summed E-state index contributed by atoms with van der Waals surface area (Å²) in [6, 6.07) is 10.7. The Kier molecular flexibility index (Phi) is 3.00. The Morgan fingerprint density at radius 3 is 2.69 bits per heavy atom. The smallest absolute Gasteiger partial charge is 0.148 e. The summed E-state index contributed by atoms with van der Waals surface area (Å²) < 4.78 is 0. The average Bonchev–Trinajstić information content (AvgIpc) is 2.30. The van der Waals surface area contributed by atoms with Gasteiger partial charge in [0.25, 0.3) is 0 Å². The molecule has 0 radical (unpaired) electrons. The molecule has 0 fully saturated rings. The van der Waals surface area contributed by atoms with Crippen molar-refractivity contribution in [3.63, 3.8) is 0 Å². The monoisotopic (exact) mass is 215 g/mol. The molecule has 1 heterocycles. The van der Waals surface area contributed by atoms with Crippen LogP contribution in [0.5, 0.6) is 5.75 Å². The van der Waals surface area contributed by atoms with Gasteiger partial charge in [0, 0.05) is 12.1 Å². The molecule has 0 aliphatic heterocycles. The van der Waals surface area contributed by atoms with Gasteiger partial charge in [0.05, 0.1) is 5.69 Å². The fourth-order valence-electron chi connectivity index (χ4n) is 1.43. The Morgan fingerprint density at radius 2 is 2.06 bits per heavy atom. The minimum Gasteiger partial charge on any atom is -0.508 e. The normalized spacial score (nSPS) is 10.1. The predicted molar refractivity (Wildman–Crippen MR) is 63.3 cm³/mol. The zero-order valence-corrected chi connectivity index (χ0v) is 9.01. The van der Waals surface area contributed by atoms with E-state index in [1.54, 1.807) is 18.2 Å². The fraction of sp³-hybridized carbons (Fsp3) is 0.167. The topological polar surface area (TPSA) is 58.0 Å². The lowest BCUT2D eigenvalue weighted by Crippen LogP contribution is -2.00. The highest BCUT2D eigenvalue weighted by Gasteiger charge is 2.01. The number of phenols is 1. The van der Waals surface area contributed by atoms with Crippen LogP contribution in [0.1, 0.15) is 6.92 Å². The molecule has 0 saturated heterocycles. The second kappa shape index (κ2) is 4.61. The molecular formula is C12H13N3O. The van der Waals surface area contributed by atoms with Crippen LogP contribution < -0.4 is 5.32 Å². The molecule has 4 nitrogen and oxygen atoms in total. The summed E-state index contributed by atoms with van der Waals surface area (Å²) in [7, 11) is 0. The first-order chi connectivity index (χ1) is 7.79. The number of nitrogens with one attached hydrogen (secondary N) is 1. The summed E-state index contributed by atoms with van der Waals surface area (Å²) in [6.07, 6.45) is 0. The number of nitrogens with zero attached hydrogens (tertiary/aromatic N) is 2. The van der Waals surface area contributed by atoms with E-state index in [2.05, 4.69) is 15.5 Å². The molecule has 0 aliphatic rings. The molecule has 16 heavy (non-hydrogen) atoms. The highest BCUT2D eigenvalue weighted by Crippen LogP contribution is 2.21. The Bertz CT molecular complexity index is 468. The predicted octanol–water partition coefficient (Wildman–Crippen LogP) is 2.28. The lowest BCUT2D eigenvalue weighted by molar-refractivity contribution is 0.475. The number of phenolic OH excluding ortho intramolecular Hbond substituents is 1. The van der Waals surface area contributed by atoms with Crippen molar-refractivity contribution in [2.45, 2.75) is 6.92 Å². The maximum Gasteiger partial charge on any atom is 0.148 e. The van der Waals surface area contributed by atoms with E-state index in [9.17, 15) is 5.11 Å². The van der Waals surface area contributed by atoms with Crippen molar-refractivity contribution in [3.05, 3.63) is 36.4 Å². The van der Waals surface area contributed by atoms with Gasteiger partial charge in [-0.1, -0.05) is 12.1 Å². The van der Waals surface area contributed by atoms with Crippen LogP contribution in [0.3, 0.4) is 0 Å². The van der Waals surface area contributed by atoms with Crippen molar-refractivity contribution >= 4 is 5.82 Å². The molecule has 0 bridgehead atoms. The lowest BCUT2D eigenvalue weighted by Gasteiger charge is -2.03. The maximum absolute atomic E-state index is 9.35. The molecule has 0 unspecified atom stereocenters. The largest absolute Gasteiger partial charge is 0.508 e. The Hall–Kier alpha value is -2.10. The number of aromatic hydroxyl groups is 1. The van der Waals surface area contributed by atoms with Gasteiger partial charge >= 0.3 is 0 Å². The third-order valence-electron chi connectivity index (χ3n) is 2.16. The molecule has 0 saturated carbocycles. The third kappa shape index (κ3) is 2.28. The minimum absolute atomic E-state index is 0.232. The van der Waals surface area contributed by atoms with Crippen LogP contribution in [0.15, 0.2) is 36.4 Å². The van der Waals surface area contributed by atoms with Crippen molar-refractivity contribution in [1.82, 2.24) is 10.2 Å². The summed E-state index contributed by atoms with van der Waals surface area (Å²) in [5.41, 5.74) is 1.60. The molecule has 2 aromatic rings. The highest BCUT2D eigenvalue weighted by molar-refractivity contribution is 5.61. The molecule has 0 aliphatic carbocycles. The quantitative estimate of drug-likeness (QED) is 0.824. The van der Waals surface area contributed by atoms with E-state index in [-0.39, 0.29) is 5.75 Å². The Morgan fingerprint density at radius 1 is 1.19 bits per heavy atom. The molecule has 2 rings (SSSR count). The van der Waals surface area contributed by atoms with Crippen molar-refractivity contribution in [1.29, 1.82) is 0 Å². The van der Waals surface area contributed by atoms with Gasteiger partial charge in [0.2, 0.25) is 0 Å². The zero-order valence-electron chi connectivity index (χ0n) is 9.01. The second-order valence-corrected chi connectivity index (χ2v) is 3.38. The first kappa shape index (κ1) is 10.4. The summed E-state index contributed by atoms with van der Waals surface area (Å²) in [6.45, 7) is 2.82. The summed E-state index contributed by atoms with van der Waals surface area (Å²) >= 11 is 0. The minimum atomic E-state index is 0.232. The van der Waals surface area contributed by atoms with E-state index in [4.69, 9.17) is 0 Å². The number of benzene rings is 1. The molecule has 4 heteroatoms. The van der Waals surface area contributed by atoms with Gasteiger partial charge < -0.3 is 10.4 Å². The maximum atomic E-state index is 9.35. The third-order valence-corrected chi connectivity index (χ3v) is 2.16. The van der Waals surface area contributed by atoms with Crippen molar-refractivity contribution < 1.29 is 5.11 Å².